The van der Waals surface area contributed by atoms with Gasteiger partial charge in [0.15, 0.2) is 10.9 Å². The molecule has 1 heterocycles. The van der Waals surface area contributed by atoms with Crippen LogP contribution in [0.4, 0.5) is 5.69 Å². The summed E-state index contributed by atoms with van der Waals surface area (Å²) in [4.78, 5) is 12.1. The zero-order valence-corrected chi connectivity index (χ0v) is 16.8. The van der Waals surface area contributed by atoms with Crippen molar-refractivity contribution < 1.29 is 9.21 Å². The zero-order chi connectivity index (χ0) is 18.6. The molecule has 11 heteroatoms. The highest BCUT2D eigenvalue weighted by Crippen LogP contribution is 2.29. The first-order valence-electron chi connectivity index (χ1n) is 6.60. The number of carbonyl (C=O) groups is 1. The maximum atomic E-state index is 12.1. The first-order valence-corrected chi connectivity index (χ1v) is 8.90. The number of rotatable bonds is 4. The predicted molar refractivity (Wildman–Crippen MR) is 106 cm³/mol. The molecule has 0 unspecified atom stereocenters. The second kappa shape index (κ2) is 8.66. The van der Waals surface area contributed by atoms with E-state index in [4.69, 9.17) is 74.6 Å². The third-order valence-corrected chi connectivity index (χ3v) is 4.41. The molecule has 0 radical (unpaired) electrons. The second-order valence-electron chi connectivity index (χ2n) is 4.65. The number of amides is 1. The normalized spacial score (nSPS) is 12.4. The largest absolute Gasteiger partial charge is 0.459 e. The number of hydrogen-bond acceptors (Lipinski definition) is 3. The molecule has 2 aromatic rings. The molecule has 0 aliphatic carbocycles. The van der Waals surface area contributed by atoms with Crippen molar-refractivity contribution in [1.82, 2.24) is 10.6 Å². The molecule has 0 fully saturated rings. The number of anilines is 1. The number of halogens is 5. The Kier molecular flexibility index (Phi) is 7.08. The van der Waals surface area contributed by atoms with Crippen LogP contribution in [-0.4, -0.2) is 21.0 Å². The molecule has 1 amide bonds. The quantitative estimate of drug-likeness (QED) is 0.340. The summed E-state index contributed by atoms with van der Waals surface area (Å²) in [6.07, 6.45) is 0.223. The van der Waals surface area contributed by atoms with E-state index in [2.05, 4.69) is 16.0 Å². The van der Waals surface area contributed by atoms with Gasteiger partial charge in [-0.05, 0) is 42.5 Å². The van der Waals surface area contributed by atoms with Crippen molar-refractivity contribution in [2.24, 2.45) is 0 Å². The topological polar surface area (TPSA) is 66.3 Å². The van der Waals surface area contributed by atoms with E-state index in [1.807, 2.05) is 0 Å². The van der Waals surface area contributed by atoms with Crippen LogP contribution < -0.4 is 16.0 Å². The van der Waals surface area contributed by atoms with Gasteiger partial charge in [-0.15, -0.1) is 0 Å². The summed E-state index contributed by atoms with van der Waals surface area (Å²) in [6.45, 7) is 0. The Morgan fingerprint density at radius 2 is 1.84 bits per heavy atom. The van der Waals surface area contributed by atoms with Crippen LogP contribution in [0.5, 0.6) is 0 Å². The molecule has 134 valence electrons. The summed E-state index contributed by atoms with van der Waals surface area (Å²) >= 11 is 34.6. The van der Waals surface area contributed by atoms with Crippen molar-refractivity contribution >= 4 is 86.9 Å². The summed E-state index contributed by atoms with van der Waals surface area (Å²) in [5.41, 5.74) is 0.562. The van der Waals surface area contributed by atoms with Gasteiger partial charge in [-0.2, -0.15) is 0 Å². The molecule has 0 spiro atoms. The molecule has 0 aliphatic heterocycles. The number of hydrogen-bond donors (Lipinski definition) is 3. The highest BCUT2D eigenvalue weighted by atomic mass is 35.6. The summed E-state index contributed by atoms with van der Waals surface area (Å²) in [6, 6.07) is 7.86. The van der Waals surface area contributed by atoms with Gasteiger partial charge in [0.2, 0.25) is 3.79 Å². The smallest absolute Gasteiger partial charge is 0.288 e. The Morgan fingerprint density at radius 1 is 1.12 bits per heavy atom. The van der Waals surface area contributed by atoms with Gasteiger partial charge >= 0.3 is 0 Å². The van der Waals surface area contributed by atoms with E-state index >= 15 is 0 Å². The van der Waals surface area contributed by atoms with Crippen molar-refractivity contribution in [3.63, 3.8) is 0 Å². The average molecular weight is 462 g/mol. The molecule has 0 saturated carbocycles. The van der Waals surface area contributed by atoms with Crippen molar-refractivity contribution in [2.75, 3.05) is 5.32 Å². The number of benzene rings is 1. The van der Waals surface area contributed by atoms with E-state index in [1.165, 1.54) is 12.3 Å². The van der Waals surface area contributed by atoms with Gasteiger partial charge < -0.3 is 20.4 Å². The fourth-order valence-corrected chi connectivity index (χ4v) is 2.54. The highest BCUT2D eigenvalue weighted by molar-refractivity contribution is 7.80. The Labute approximate surface area is 173 Å². The van der Waals surface area contributed by atoms with Crippen LogP contribution in [0.3, 0.4) is 0 Å². The summed E-state index contributed by atoms with van der Waals surface area (Å²) in [5.74, 6) is -0.518. The molecule has 0 aliphatic rings. The van der Waals surface area contributed by atoms with Crippen molar-refractivity contribution in [3.8, 4) is 0 Å². The summed E-state index contributed by atoms with van der Waals surface area (Å²) in [5, 5.41) is 8.87. The van der Waals surface area contributed by atoms with E-state index < -0.39 is 15.9 Å². The Balaban J connectivity index is 2.04. The number of thiocarbonyl (C=S) groups is 1. The molecule has 3 N–H and O–H groups in total. The van der Waals surface area contributed by atoms with Gasteiger partial charge in [-0.1, -0.05) is 58.0 Å². The molecule has 0 saturated heterocycles. The fraction of sp³-hybridized carbons (Fsp3) is 0.143. The monoisotopic (exact) mass is 459 g/mol. The first kappa shape index (κ1) is 20.4. The third-order valence-electron chi connectivity index (χ3n) is 2.80. The molecule has 0 bridgehead atoms. The molecule has 1 aromatic carbocycles. The number of nitrogens with one attached hydrogen (secondary N) is 3. The molecular formula is C14H10Cl5N3O2S. The van der Waals surface area contributed by atoms with E-state index in [0.717, 1.165) is 0 Å². The van der Waals surface area contributed by atoms with E-state index in [0.29, 0.717) is 15.7 Å². The lowest BCUT2D eigenvalue weighted by Crippen LogP contribution is -2.56. The predicted octanol–water partition coefficient (Wildman–Crippen LogP) is 5.00. The minimum Gasteiger partial charge on any atom is -0.459 e. The van der Waals surface area contributed by atoms with Gasteiger partial charge in [0.05, 0.1) is 16.3 Å². The molecule has 1 aromatic heterocycles. The van der Waals surface area contributed by atoms with E-state index in [-0.39, 0.29) is 10.9 Å². The van der Waals surface area contributed by atoms with Crippen LogP contribution in [-0.2, 0) is 0 Å². The summed E-state index contributed by atoms with van der Waals surface area (Å²) < 4.78 is 3.11. The average Bonchev–Trinajstić information content (AvgIpc) is 3.03. The van der Waals surface area contributed by atoms with Gasteiger partial charge in [0, 0.05) is 5.69 Å². The molecular weight excluding hydrogens is 452 g/mol. The number of alkyl halides is 3. The fourth-order valence-electron chi connectivity index (χ4n) is 1.68. The van der Waals surface area contributed by atoms with Crippen LogP contribution in [0.15, 0.2) is 41.0 Å². The first-order chi connectivity index (χ1) is 11.7. The van der Waals surface area contributed by atoms with E-state index in [1.54, 1.807) is 24.3 Å². The number of furan rings is 1. The standard InChI is InChI=1S/C14H10Cl5N3O2S/c15-8-4-3-7(6-9(8)16)20-13(25)22-12(14(17,18)19)21-11(23)10-2-1-5-24-10/h1-6,12H,(H,21,23)(H2,20,22,25)/t12-/m1/s1. The van der Waals surface area contributed by atoms with Crippen LogP contribution in [0.2, 0.25) is 10.0 Å². The second-order valence-corrected chi connectivity index (χ2v) is 8.24. The van der Waals surface area contributed by atoms with Crippen molar-refractivity contribution in [1.29, 1.82) is 0 Å². The van der Waals surface area contributed by atoms with Crippen LogP contribution >= 0.6 is 70.2 Å². The highest BCUT2D eigenvalue weighted by Gasteiger charge is 2.35. The van der Waals surface area contributed by atoms with E-state index in [9.17, 15) is 4.79 Å². The summed E-state index contributed by atoms with van der Waals surface area (Å²) in [7, 11) is 0. The molecule has 25 heavy (non-hydrogen) atoms. The number of carbonyl (C=O) groups excluding carboxylic acids is 1. The Bertz CT molecular complexity index is 764. The maximum absolute atomic E-state index is 12.1. The SMILES string of the molecule is O=C(N[C@H](NC(=S)Nc1ccc(Cl)c(Cl)c1)C(Cl)(Cl)Cl)c1ccco1. The van der Waals surface area contributed by atoms with Crippen LogP contribution in [0.1, 0.15) is 10.6 Å². The lowest BCUT2D eigenvalue weighted by Gasteiger charge is -2.27. The van der Waals surface area contributed by atoms with Crippen molar-refractivity contribution in [2.45, 2.75) is 9.96 Å². The lowest BCUT2D eigenvalue weighted by molar-refractivity contribution is 0.0906. The van der Waals surface area contributed by atoms with Crippen LogP contribution in [0, 0.1) is 0 Å². The van der Waals surface area contributed by atoms with Gasteiger partial charge in [0.25, 0.3) is 5.91 Å². The van der Waals surface area contributed by atoms with Gasteiger partial charge in [-0.25, -0.2) is 0 Å². The Hall–Kier alpha value is -0.890. The van der Waals surface area contributed by atoms with Crippen LogP contribution in [0.25, 0.3) is 0 Å². The molecule has 1 atom stereocenters. The molecule has 2 rings (SSSR count). The van der Waals surface area contributed by atoms with Gasteiger partial charge in [-0.3, -0.25) is 4.79 Å². The Morgan fingerprint density at radius 3 is 2.40 bits per heavy atom. The third kappa shape index (κ3) is 6.09. The zero-order valence-electron chi connectivity index (χ0n) is 12.2. The lowest BCUT2D eigenvalue weighted by atomic mass is 10.3. The maximum Gasteiger partial charge on any atom is 0.288 e. The van der Waals surface area contributed by atoms with Gasteiger partial charge in [0.1, 0.15) is 6.17 Å². The van der Waals surface area contributed by atoms with Crippen molar-refractivity contribution in [3.05, 3.63) is 52.4 Å². The molecule has 5 nitrogen and oxygen atoms in total. The minimum atomic E-state index is -1.88. The minimum absolute atomic E-state index is 0.0596.